The summed E-state index contributed by atoms with van der Waals surface area (Å²) in [6.45, 7) is 4.98. The van der Waals surface area contributed by atoms with Gasteiger partial charge in [0.1, 0.15) is 16.4 Å². The van der Waals surface area contributed by atoms with Gasteiger partial charge in [0.15, 0.2) is 5.16 Å². The molecule has 0 atom stereocenters. The fourth-order valence-electron chi connectivity index (χ4n) is 3.72. The first-order valence-corrected chi connectivity index (χ1v) is 11.7. The summed E-state index contributed by atoms with van der Waals surface area (Å²) in [6.07, 6.45) is 3.98. The Hall–Kier alpha value is -2.06. The molecule has 1 aliphatic rings. The van der Waals surface area contributed by atoms with E-state index in [1.54, 1.807) is 27.9 Å². The fraction of sp³-hybridized carbons (Fsp3) is 0.476. The molecule has 0 bridgehead atoms. The normalized spacial score (nSPS) is 13.2. The summed E-state index contributed by atoms with van der Waals surface area (Å²) >= 11 is 2.99. The van der Waals surface area contributed by atoms with E-state index in [2.05, 4.69) is 0 Å². The maximum Gasteiger partial charge on any atom is 0.263 e. The maximum atomic E-state index is 13.2. The second-order valence-electron chi connectivity index (χ2n) is 7.44. The minimum Gasteiger partial charge on any atom is -0.464 e. The van der Waals surface area contributed by atoms with Crippen LogP contribution in [0.15, 0.2) is 26.5 Å². The highest BCUT2D eigenvalue weighted by Crippen LogP contribution is 2.35. The van der Waals surface area contributed by atoms with Gasteiger partial charge in [-0.3, -0.25) is 14.2 Å². The molecule has 0 fully saturated rings. The van der Waals surface area contributed by atoms with Crippen molar-refractivity contribution in [1.82, 2.24) is 14.5 Å². The van der Waals surface area contributed by atoms with Crippen LogP contribution in [0.4, 0.5) is 0 Å². The number of carbonyl (C=O) groups is 1. The standard InChI is InChI=1S/C21H25N3O3S2/c1-4-10-24-20(26)18-15-6-5-7-16(15)29-19(18)22-21(24)28-12-17(25)23(3)11-14-9-8-13(2)27-14/h8-9H,4-7,10-12H2,1-3H3. The highest BCUT2D eigenvalue weighted by Gasteiger charge is 2.23. The Labute approximate surface area is 177 Å². The maximum absolute atomic E-state index is 13.2. The predicted octanol–water partition coefficient (Wildman–Crippen LogP) is 4.01. The third-order valence-electron chi connectivity index (χ3n) is 5.18. The van der Waals surface area contributed by atoms with Crippen LogP contribution in [0.25, 0.3) is 10.2 Å². The zero-order valence-corrected chi connectivity index (χ0v) is 18.6. The van der Waals surface area contributed by atoms with Gasteiger partial charge in [-0.2, -0.15) is 0 Å². The van der Waals surface area contributed by atoms with Crippen molar-refractivity contribution in [3.63, 3.8) is 0 Å². The Morgan fingerprint density at radius 2 is 2.21 bits per heavy atom. The average Bonchev–Trinajstić information content (AvgIpc) is 3.38. The van der Waals surface area contributed by atoms with Crippen molar-refractivity contribution in [2.45, 2.75) is 57.8 Å². The Morgan fingerprint density at radius 3 is 2.93 bits per heavy atom. The van der Waals surface area contributed by atoms with Crippen LogP contribution in [0.5, 0.6) is 0 Å². The summed E-state index contributed by atoms with van der Waals surface area (Å²) < 4.78 is 7.31. The molecule has 1 amide bonds. The first-order chi connectivity index (χ1) is 14.0. The lowest BCUT2D eigenvalue weighted by Gasteiger charge is -2.16. The van der Waals surface area contributed by atoms with Gasteiger partial charge in [0, 0.05) is 18.5 Å². The average molecular weight is 432 g/mol. The van der Waals surface area contributed by atoms with Crippen LogP contribution < -0.4 is 5.56 Å². The number of aromatic nitrogens is 2. The van der Waals surface area contributed by atoms with Crippen LogP contribution in [0.2, 0.25) is 0 Å². The SMILES string of the molecule is CCCn1c(SCC(=O)N(C)Cc2ccc(C)o2)nc2sc3c(c2c1=O)CCC3. The van der Waals surface area contributed by atoms with Crippen molar-refractivity contribution in [2.24, 2.45) is 0 Å². The number of rotatable bonds is 7. The van der Waals surface area contributed by atoms with Gasteiger partial charge in [0.2, 0.25) is 5.91 Å². The monoisotopic (exact) mass is 431 g/mol. The van der Waals surface area contributed by atoms with E-state index in [1.165, 1.54) is 22.2 Å². The van der Waals surface area contributed by atoms with Crippen molar-refractivity contribution in [3.8, 4) is 0 Å². The molecule has 0 N–H and O–H groups in total. The van der Waals surface area contributed by atoms with Gasteiger partial charge in [-0.1, -0.05) is 18.7 Å². The molecular formula is C21H25N3O3S2. The number of thioether (sulfide) groups is 1. The van der Waals surface area contributed by atoms with Crippen LogP contribution >= 0.6 is 23.1 Å². The van der Waals surface area contributed by atoms with E-state index in [0.717, 1.165) is 47.4 Å². The largest absolute Gasteiger partial charge is 0.464 e. The van der Waals surface area contributed by atoms with Crippen molar-refractivity contribution in [3.05, 3.63) is 44.4 Å². The quantitative estimate of drug-likeness (QED) is 0.418. The molecule has 0 spiro atoms. The molecule has 8 heteroatoms. The minimum absolute atomic E-state index is 0.0184. The zero-order chi connectivity index (χ0) is 20.5. The summed E-state index contributed by atoms with van der Waals surface area (Å²) in [5.74, 6) is 1.82. The Morgan fingerprint density at radius 1 is 1.38 bits per heavy atom. The van der Waals surface area contributed by atoms with Gasteiger partial charge in [-0.05, 0) is 50.3 Å². The molecule has 6 nitrogen and oxygen atoms in total. The molecule has 0 radical (unpaired) electrons. The van der Waals surface area contributed by atoms with Gasteiger partial charge in [-0.15, -0.1) is 11.3 Å². The lowest BCUT2D eigenvalue weighted by molar-refractivity contribution is -0.127. The van der Waals surface area contributed by atoms with Gasteiger partial charge in [-0.25, -0.2) is 4.98 Å². The van der Waals surface area contributed by atoms with Crippen molar-refractivity contribution < 1.29 is 9.21 Å². The zero-order valence-electron chi connectivity index (χ0n) is 17.0. The molecule has 0 aliphatic heterocycles. The third-order valence-corrected chi connectivity index (χ3v) is 7.32. The van der Waals surface area contributed by atoms with Gasteiger partial charge in [0.05, 0.1) is 17.7 Å². The van der Waals surface area contributed by atoms with Crippen molar-refractivity contribution in [1.29, 1.82) is 0 Å². The highest BCUT2D eigenvalue weighted by molar-refractivity contribution is 7.99. The molecule has 3 heterocycles. The number of aryl methyl sites for hydroxylation is 3. The number of amides is 1. The lowest BCUT2D eigenvalue weighted by Crippen LogP contribution is -2.28. The number of thiophene rings is 1. The van der Waals surface area contributed by atoms with Crippen molar-refractivity contribution >= 4 is 39.2 Å². The van der Waals surface area contributed by atoms with E-state index < -0.39 is 0 Å². The fourth-order valence-corrected chi connectivity index (χ4v) is 5.99. The van der Waals surface area contributed by atoms with Crippen LogP contribution in [-0.4, -0.2) is 33.2 Å². The van der Waals surface area contributed by atoms with Crippen LogP contribution in [0.1, 0.15) is 41.7 Å². The summed E-state index contributed by atoms with van der Waals surface area (Å²) in [5, 5.41) is 1.44. The number of furan rings is 1. The van der Waals surface area contributed by atoms with E-state index in [1.807, 2.05) is 26.0 Å². The molecule has 0 saturated carbocycles. The second kappa shape index (κ2) is 8.36. The molecule has 0 saturated heterocycles. The van der Waals surface area contributed by atoms with E-state index in [0.29, 0.717) is 18.2 Å². The molecule has 4 rings (SSSR count). The number of fused-ring (bicyclic) bond motifs is 3. The van der Waals surface area contributed by atoms with E-state index >= 15 is 0 Å². The molecule has 154 valence electrons. The second-order valence-corrected chi connectivity index (χ2v) is 9.47. The van der Waals surface area contributed by atoms with E-state index in [-0.39, 0.29) is 17.2 Å². The van der Waals surface area contributed by atoms with E-state index in [4.69, 9.17) is 9.40 Å². The lowest BCUT2D eigenvalue weighted by atomic mass is 10.2. The van der Waals surface area contributed by atoms with Crippen LogP contribution in [0, 0.1) is 6.92 Å². The molecule has 29 heavy (non-hydrogen) atoms. The molecule has 1 aliphatic carbocycles. The summed E-state index contributed by atoms with van der Waals surface area (Å²) in [5.41, 5.74) is 1.25. The van der Waals surface area contributed by atoms with Gasteiger partial charge >= 0.3 is 0 Å². The van der Waals surface area contributed by atoms with Gasteiger partial charge < -0.3 is 9.32 Å². The summed E-state index contributed by atoms with van der Waals surface area (Å²) in [4.78, 5) is 34.4. The molecule has 0 unspecified atom stereocenters. The highest BCUT2D eigenvalue weighted by atomic mass is 32.2. The molecule has 3 aromatic rings. The topological polar surface area (TPSA) is 68.3 Å². The summed E-state index contributed by atoms with van der Waals surface area (Å²) in [6, 6.07) is 3.78. The summed E-state index contributed by atoms with van der Waals surface area (Å²) in [7, 11) is 1.76. The number of hydrogen-bond donors (Lipinski definition) is 0. The van der Waals surface area contributed by atoms with Gasteiger partial charge in [0.25, 0.3) is 5.56 Å². The van der Waals surface area contributed by atoms with Crippen LogP contribution in [0.3, 0.4) is 0 Å². The third kappa shape index (κ3) is 4.00. The molecule has 0 aromatic carbocycles. The number of carbonyl (C=O) groups excluding carboxylic acids is 1. The van der Waals surface area contributed by atoms with Crippen molar-refractivity contribution in [2.75, 3.05) is 12.8 Å². The van der Waals surface area contributed by atoms with Crippen LogP contribution in [-0.2, 0) is 30.7 Å². The number of nitrogens with zero attached hydrogens (tertiary/aromatic N) is 3. The first-order valence-electron chi connectivity index (χ1n) is 9.95. The smallest absolute Gasteiger partial charge is 0.263 e. The predicted molar refractivity (Wildman–Crippen MR) is 117 cm³/mol. The Balaban J connectivity index is 1.54. The molecule has 3 aromatic heterocycles. The first kappa shape index (κ1) is 20.2. The number of hydrogen-bond acceptors (Lipinski definition) is 6. The minimum atomic E-state index is -0.0184. The molecular weight excluding hydrogens is 406 g/mol. The Kier molecular flexibility index (Phi) is 5.83. The Bertz CT molecular complexity index is 1110. The van der Waals surface area contributed by atoms with E-state index in [9.17, 15) is 9.59 Å².